The molecule has 0 saturated carbocycles. The second kappa shape index (κ2) is 11.2. The Morgan fingerprint density at radius 3 is 2.77 bits per heavy atom. The molecule has 1 N–H and O–H groups in total. The van der Waals surface area contributed by atoms with Gasteiger partial charge in [0.15, 0.2) is 5.96 Å². The van der Waals surface area contributed by atoms with Gasteiger partial charge in [0.2, 0.25) is 0 Å². The monoisotopic (exact) mass is 433 g/mol. The Kier molecular flexibility index (Phi) is 9.95. The molecule has 0 saturated heterocycles. The maximum atomic E-state index is 4.80. The zero-order valence-corrected chi connectivity index (χ0v) is 16.8. The fraction of sp³-hybridized carbons (Fsp3) is 0.588. The molecule has 0 aliphatic carbocycles. The summed E-state index contributed by atoms with van der Waals surface area (Å²) < 4.78 is 0. The number of nitrogens with zero attached hydrogens (tertiary/aromatic N) is 2. The molecule has 0 aromatic heterocycles. The molecule has 0 bridgehead atoms. The summed E-state index contributed by atoms with van der Waals surface area (Å²) in [7, 11) is 0. The first-order valence-electron chi connectivity index (χ1n) is 7.94. The largest absolute Gasteiger partial charge is 0.357 e. The number of benzene rings is 1. The Morgan fingerprint density at radius 2 is 2.05 bits per heavy atom. The Labute approximate surface area is 156 Å². The van der Waals surface area contributed by atoms with Crippen molar-refractivity contribution in [1.29, 1.82) is 0 Å². The number of nitrogens with one attached hydrogen (secondary N) is 1. The lowest BCUT2D eigenvalue weighted by Gasteiger charge is -2.31. The summed E-state index contributed by atoms with van der Waals surface area (Å²) in [4.78, 5) is 7.19. The van der Waals surface area contributed by atoms with Crippen molar-refractivity contribution in [1.82, 2.24) is 10.2 Å². The number of thioether (sulfide) groups is 1. The minimum Gasteiger partial charge on any atom is -0.357 e. The lowest BCUT2D eigenvalue weighted by atomic mass is 10.0. The molecule has 0 atom stereocenters. The van der Waals surface area contributed by atoms with E-state index in [0.29, 0.717) is 0 Å². The third kappa shape index (κ3) is 5.99. The molecule has 0 radical (unpaired) electrons. The van der Waals surface area contributed by atoms with Crippen LogP contribution in [0.5, 0.6) is 0 Å². The molecule has 0 amide bonds. The van der Waals surface area contributed by atoms with E-state index in [1.54, 1.807) is 0 Å². The minimum absolute atomic E-state index is 0. The number of fused-ring (bicyclic) bond motifs is 1. The highest BCUT2D eigenvalue weighted by Crippen LogP contribution is 2.18. The zero-order chi connectivity index (χ0) is 14.9. The van der Waals surface area contributed by atoms with E-state index in [1.807, 2.05) is 11.8 Å². The van der Waals surface area contributed by atoms with Crippen molar-refractivity contribution in [3.05, 3.63) is 35.4 Å². The van der Waals surface area contributed by atoms with E-state index in [9.17, 15) is 0 Å². The van der Waals surface area contributed by atoms with Crippen molar-refractivity contribution in [2.45, 2.75) is 32.7 Å². The van der Waals surface area contributed by atoms with Crippen LogP contribution in [0.4, 0.5) is 0 Å². The summed E-state index contributed by atoms with van der Waals surface area (Å²) >= 11 is 1.92. The van der Waals surface area contributed by atoms with E-state index in [0.717, 1.165) is 38.6 Å². The summed E-state index contributed by atoms with van der Waals surface area (Å²) in [6.07, 6.45) is 5.72. The van der Waals surface area contributed by atoms with E-state index < -0.39 is 0 Å². The maximum Gasteiger partial charge on any atom is 0.194 e. The molecule has 124 valence electrons. The summed E-state index contributed by atoms with van der Waals surface area (Å²) in [6.45, 7) is 6.05. The van der Waals surface area contributed by atoms with Crippen LogP contribution in [-0.4, -0.2) is 42.5 Å². The first-order valence-corrected chi connectivity index (χ1v) is 9.33. The van der Waals surface area contributed by atoms with E-state index in [2.05, 4.69) is 47.7 Å². The first kappa shape index (κ1) is 19.6. The van der Waals surface area contributed by atoms with Crippen molar-refractivity contribution in [3.63, 3.8) is 0 Å². The van der Waals surface area contributed by atoms with Gasteiger partial charge in [0.1, 0.15) is 0 Å². The summed E-state index contributed by atoms with van der Waals surface area (Å²) in [5.41, 5.74) is 2.93. The lowest BCUT2D eigenvalue weighted by Crippen LogP contribution is -2.44. The first-order chi connectivity index (χ1) is 10.3. The van der Waals surface area contributed by atoms with Crippen LogP contribution in [0, 0.1) is 0 Å². The van der Waals surface area contributed by atoms with Crippen LogP contribution < -0.4 is 5.32 Å². The smallest absolute Gasteiger partial charge is 0.194 e. The van der Waals surface area contributed by atoms with Crippen molar-refractivity contribution in [3.8, 4) is 0 Å². The van der Waals surface area contributed by atoms with Gasteiger partial charge < -0.3 is 10.2 Å². The number of halogens is 1. The molecule has 3 nitrogen and oxygen atoms in total. The van der Waals surface area contributed by atoms with Gasteiger partial charge in [-0.25, -0.2) is 0 Å². The van der Waals surface area contributed by atoms with Crippen LogP contribution >= 0.6 is 35.7 Å². The number of unbranched alkanes of at least 4 members (excludes halogenated alkanes) is 1. The van der Waals surface area contributed by atoms with E-state index in [1.165, 1.54) is 29.7 Å². The number of hydrogen-bond donors (Lipinski definition) is 1. The van der Waals surface area contributed by atoms with Gasteiger partial charge in [-0.15, -0.1) is 24.0 Å². The number of aliphatic imine (C=N–C) groups is 1. The average molecular weight is 433 g/mol. The molecule has 1 aliphatic heterocycles. The van der Waals surface area contributed by atoms with Gasteiger partial charge in [0.05, 0.1) is 0 Å². The van der Waals surface area contributed by atoms with E-state index >= 15 is 0 Å². The van der Waals surface area contributed by atoms with Gasteiger partial charge in [0.25, 0.3) is 0 Å². The van der Waals surface area contributed by atoms with Crippen molar-refractivity contribution < 1.29 is 0 Å². The second-order valence-electron chi connectivity index (χ2n) is 5.38. The third-order valence-electron chi connectivity index (χ3n) is 3.78. The maximum absolute atomic E-state index is 4.80. The predicted octanol–water partition coefficient (Wildman–Crippen LogP) is 3.77. The van der Waals surface area contributed by atoms with Gasteiger partial charge in [0, 0.05) is 26.2 Å². The molecular weight excluding hydrogens is 405 g/mol. The van der Waals surface area contributed by atoms with Crippen LogP contribution in [-0.2, 0) is 13.0 Å². The SMILES string of the molecule is CCNC(=NCCCCSC)N1CCc2ccccc2C1.I. The second-order valence-corrected chi connectivity index (χ2v) is 6.36. The average Bonchev–Trinajstić information content (AvgIpc) is 2.53. The Morgan fingerprint density at radius 1 is 1.27 bits per heavy atom. The molecule has 0 unspecified atom stereocenters. The molecule has 1 heterocycles. The van der Waals surface area contributed by atoms with Crippen molar-refractivity contribution in [2.75, 3.05) is 31.6 Å². The van der Waals surface area contributed by atoms with Crippen LogP contribution in [0.3, 0.4) is 0 Å². The molecule has 0 fully saturated rings. The molecule has 22 heavy (non-hydrogen) atoms. The number of hydrogen-bond acceptors (Lipinski definition) is 2. The van der Waals surface area contributed by atoms with Gasteiger partial charge in [-0.05, 0) is 49.3 Å². The van der Waals surface area contributed by atoms with Gasteiger partial charge in [-0.3, -0.25) is 4.99 Å². The fourth-order valence-electron chi connectivity index (χ4n) is 2.65. The molecule has 1 aromatic rings. The number of rotatable bonds is 6. The molecule has 5 heteroatoms. The summed E-state index contributed by atoms with van der Waals surface area (Å²) in [6, 6.07) is 8.76. The fourth-order valence-corrected chi connectivity index (χ4v) is 3.14. The van der Waals surface area contributed by atoms with Crippen LogP contribution in [0.25, 0.3) is 0 Å². The highest BCUT2D eigenvalue weighted by Gasteiger charge is 2.18. The summed E-state index contributed by atoms with van der Waals surface area (Å²) in [5.74, 6) is 2.32. The van der Waals surface area contributed by atoms with E-state index in [4.69, 9.17) is 4.99 Å². The van der Waals surface area contributed by atoms with E-state index in [-0.39, 0.29) is 24.0 Å². The Hall–Kier alpha value is -0.430. The number of guanidine groups is 1. The topological polar surface area (TPSA) is 27.6 Å². The lowest BCUT2D eigenvalue weighted by molar-refractivity contribution is 0.378. The normalized spacial score (nSPS) is 14.3. The molecule has 2 rings (SSSR count). The van der Waals surface area contributed by atoms with Gasteiger partial charge in [-0.1, -0.05) is 24.3 Å². The minimum atomic E-state index is 0. The highest BCUT2D eigenvalue weighted by atomic mass is 127. The third-order valence-corrected chi connectivity index (χ3v) is 4.48. The van der Waals surface area contributed by atoms with Gasteiger partial charge >= 0.3 is 0 Å². The standard InChI is InChI=1S/C17H27N3S.HI/c1-3-18-17(19-11-6-7-13-21-2)20-12-10-15-8-4-5-9-16(15)14-20;/h4-5,8-9H,3,6-7,10-14H2,1-2H3,(H,18,19);1H. The van der Waals surface area contributed by atoms with Crippen molar-refractivity contribution >= 4 is 41.7 Å². The van der Waals surface area contributed by atoms with Crippen LogP contribution in [0.2, 0.25) is 0 Å². The van der Waals surface area contributed by atoms with Gasteiger partial charge in [-0.2, -0.15) is 11.8 Å². The molecular formula is C17H28IN3S. The predicted molar refractivity (Wildman–Crippen MR) is 110 cm³/mol. The van der Waals surface area contributed by atoms with Crippen LogP contribution in [0.15, 0.2) is 29.3 Å². The summed E-state index contributed by atoms with van der Waals surface area (Å²) in [5, 5.41) is 3.44. The molecule has 1 aliphatic rings. The Bertz CT molecular complexity index is 465. The molecule has 1 aromatic carbocycles. The Balaban J connectivity index is 0.00000242. The quantitative estimate of drug-likeness (QED) is 0.320. The highest BCUT2D eigenvalue weighted by molar-refractivity contribution is 14.0. The van der Waals surface area contributed by atoms with Crippen LogP contribution in [0.1, 0.15) is 30.9 Å². The molecule has 0 spiro atoms. The van der Waals surface area contributed by atoms with Crippen molar-refractivity contribution in [2.24, 2.45) is 4.99 Å². The zero-order valence-electron chi connectivity index (χ0n) is 13.7.